The largest absolute Gasteiger partial charge is 0.384 e. The molecule has 74 valence electrons. The van der Waals surface area contributed by atoms with Gasteiger partial charge in [-0.25, -0.2) is 0 Å². The van der Waals surface area contributed by atoms with Crippen molar-refractivity contribution < 1.29 is 45.0 Å². The third-order valence-corrected chi connectivity index (χ3v) is 1.92. The summed E-state index contributed by atoms with van der Waals surface area (Å²) in [6.07, 6.45) is 0.717. The summed E-state index contributed by atoms with van der Waals surface area (Å²) in [4.78, 5) is 4.29. The van der Waals surface area contributed by atoms with E-state index < -0.39 is 5.60 Å². The van der Waals surface area contributed by atoms with Gasteiger partial charge in [-0.3, -0.25) is 4.99 Å². The van der Waals surface area contributed by atoms with Crippen molar-refractivity contribution in [3.8, 4) is 0 Å². The van der Waals surface area contributed by atoms with E-state index in [0.717, 1.165) is 12.1 Å². The third-order valence-electron chi connectivity index (χ3n) is 1.92. The van der Waals surface area contributed by atoms with Crippen LogP contribution < -0.4 is 0 Å². The summed E-state index contributed by atoms with van der Waals surface area (Å²) in [5.74, 6) is 0. The normalized spacial score (nSPS) is 17.1. The Morgan fingerprint density at radius 1 is 1.50 bits per heavy atom. The van der Waals surface area contributed by atoms with Crippen LogP contribution in [0, 0.1) is 39.9 Å². The maximum Gasteiger partial charge on any atom is 0.0989 e. The van der Waals surface area contributed by atoms with E-state index in [1.807, 2.05) is 27.7 Å². The Bertz CT molecular complexity index is 153. The maximum atomic E-state index is 9.71. The summed E-state index contributed by atoms with van der Waals surface area (Å²) in [5.41, 5.74) is 0.111. The first-order chi connectivity index (χ1) is 4.90. The molecule has 0 bridgehead atoms. The molecule has 0 saturated carbocycles. The molecule has 0 aliphatic heterocycles. The number of hydrogen-bond acceptors (Lipinski definition) is 2. The number of rotatable bonds is 3. The van der Waals surface area contributed by atoms with Crippen LogP contribution in [0.3, 0.4) is 0 Å². The first-order valence-corrected chi connectivity index (χ1v) is 4.17. The molecule has 0 aliphatic rings. The molecule has 0 saturated heterocycles. The zero-order valence-corrected chi connectivity index (χ0v) is 10.8. The molecule has 1 atom stereocenters. The van der Waals surface area contributed by atoms with Gasteiger partial charge in [-0.05, 0) is 34.1 Å². The Labute approximate surface area is 108 Å². The van der Waals surface area contributed by atoms with E-state index in [1.54, 1.807) is 6.92 Å². The Morgan fingerprint density at radius 2 is 1.92 bits per heavy atom. The van der Waals surface area contributed by atoms with Gasteiger partial charge in [-0.1, -0.05) is 6.92 Å². The molecule has 0 amide bonds. The van der Waals surface area contributed by atoms with E-state index in [9.17, 15) is 5.11 Å². The minimum absolute atomic E-state index is 0. The average Bonchev–Trinajstić information content (AvgIpc) is 1.86. The Morgan fingerprint density at radius 3 is 2.17 bits per heavy atom. The van der Waals surface area contributed by atoms with Crippen molar-refractivity contribution in [1.82, 2.24) is 0 Å². The summed E-state index contributed by atoms with van der Waals surface area (Å²) in [5, 5.41) is 9.71. The second-order valence-corrected chi connectivity index (χ2v) is 3.44. The van der Waals surface area contributed by atoms with Gasteiger partial charge in [-0.15, -0.1) is 0 Å². The van der Waals surface area contributed by atoms with Crippen LogP contribution >= 0.6 is 0 Å². The summed E-state index contributed by atoms with van der Waals surface area (Å²) < 4.78 is 0. The molecule has 3 heteroatoms. The van der Waals surface area contributed by atoms with Crippen LogP contribution in [0.25, 0.3) is 0 Å². The van der Waals surface area contributed by atoms with Crippen molar-refractivity contribution in [1.29, 1.82) is 0 Å². The van der Waals surface area contributed by atoms with Crippen molar-refractivity contribution in [2.75, 3.05) is 0 Å². The van der Waals surface area contributed by atoms with Gasteiger partial charge in [-0.2, -0.15) is 0 Å². The van der Waals surface area contributed by atoms with E-state index in [2.05, 4.69) is 4.99 Å². The van der Waals surface area contributed by atoms with Crippen LogP contribution in [0.2, 0.25) is 0 Å². The van der Waals surface area contributed by atoms with Gasteiger partial charge < -0.3 is 5.11 Å². The third kappa shape index (κ3) is 5.57. The second-order valence-electron chi connectivity index (χ2n) is 3.44. The zero-order valence-electron chi connectivity index (χ0n) is 8.53. The predicted octanol–water partition coefficient (Wildman–Crippen LogP) is 2.02. The molecule has 0 aromatic carbocycles. The van der Waals surface area contributed by atoms with Crippen LogP contribution in [-0.2, 0) is 0 Å². The molecule has 0 rings (SSSR count). The van der Waals surface area contributed by atoms with Crippen molar-refractivity contribution >= 4 is 5.71 Å². The van der Waals surface area contributed by atoms with Crippen LogP contribution in [0.15, 0.2) is 4.99 Å². The molecule has 0 aromatic rings. The predicted molar refractivity (Wildman–Crippen MR) is 49.2 cm³/mol. The van der Waals surface area contributed by atoms with Gasteiger partial charge in [0, 0.05) is 51.7 Å². The molecular weight excluding hydrogens is 295 g/mol. The Kier molecular flexibility index (Phi) is 8.25. The Hall–Kier alpha value is 0.955. The van der Waals surface area contributed by atoms with Crippen molar-refractivity contribution in [2.45, 2.75) is 52.7 Å². The van der Waals surface area contributed by atoms with Crippen molar-refractivity contribution in [3.05, 3.63) is 0 Å². The molecule has 1 N–H and O–H groups in total. The monoisotopic (exact) mass is 315 g/mol. The van der Waals surface area contributed by atoms with Crippen molar-refractivity contribution in [3.63, 3.8) is 0 Å². The van der Waals surface area contributed by atoms with Crippen LogP contribution in [0.4, 0.5) is 0 Å². The second kappa shape index (κ2) is 6.41. The standard InChI is InChI=1S/C9H19NO.Gd/c1-6-9(5,11)8(4)10-7(2)3;/h7,11H,6H2,1-5H3;. The summed E-state index contributed by atoms with van der Waals surface area (Å²) in [7, 11) is 0. The first kappa shape index (κ1) is 15.4. The fourth-order valence-electron chi connectivity index (χ4n) is 0.782. The fraction of sp³-hybridized carbons (Fsp3) is 0.889. The number of nitrogens with zero attached hydrogens (tertiary/aromatic N) is 1. The molecule has 0 fully saturated rings. The smallest absolute Gasteiger partial charge is 0.0989 e. The SMILES string of the molecule is CCC(C)(O)C(C)=NC(C)C.[Gd]. The van der Waals surface area contributed by atoms with Gasteiger partial charge in [0.1, 0.15) is 0 Å². The van der Waals surface area contributed by atoms with Gasteiger partial charge in [0.25, 0.3) is 0 Å². The molecule has 0 aromatic heterocycles. The van der Waals surface area contributed by atoms with Gasteiger partial charge in [0.15, 0.2) is 0 Å². The molecule has 0 radical (unpaired) electrons. The maximum absolute atomic E-state index is 9.71. The van der Waals surface area contributed by atoms with E-state index in [1.165, 1.54) is 0 Å². The van der Waals surface area contributed by atoms with Crippen LogP contribution in [0.5, 0.6) is 0 Å². The van der Waals surface area contributed by atoms with E-state index in [0.29, 0.717) is 0 Å². The summed E-state index contributed by atoms with van der Waals surface area (Å²) >= 11 is 0. The molecular formula is C9H19GdNO. The number of hydrogen-bond donors (Lipinski definition) is 1. The number of aliphatic hydroxyl groups is 1. The Balaban J connectivity index is 0. The zero-order chi connectivity index (χ0) is 9.07. The van der Waals surface area contributed by atoms with Crippen LogP contribution in [0.1, 0.15) is 41.0 Å². The molecule has 0 spiro atoms. The van der Waals surface area contributed by atoms with Gasteiger partial charge >= 0.3 is 0 Å². The van der Waals surface area contributed by atoms with Gasteiger partial charge in [0.05, 0.1) is 5.60 Å². The molecule has 12 heavy (non-hydrogen) atoms. The number of aliphatic imine (C=N–C) groups is 1. The summed E-state index contributed by atoms with van der Waals surface area (Å²) in [6, 6.07) is 0.271. The fourth-order valence-corrected chi connectivity index (χ4v) is 0.782. The first-order valence-electron chi connectivity index (χ1n) is 4.17. The quantitative estimate of drug-likeness (QED) is 0.794. The average molecular weight is 315 g/mol. The minimum Gasteiger partial charge on any atom is -0.384 e. The minimum atomic E-state index is -0.718. The van der Waals surface area contributed by atoms with E-state index >= 15 is 0 Å². The van der Waals surface area contributed by atoms with E-state index in [-0.39, 0.29) is 46.0 Å². The molecule has 0 aliphatic carbocycles. The van der Waals surface area contributed by atoms with Crippen LogP contribution in [-0.4, -0.2) is 22.5 Å². The summed E-state index contributed by atoms with van der Waals surface area (Å²) in [6.45, 7) is 9.65. The van der Waals surface area contributed by atoms with E-state index in [4.69, 9.17) is 0 Å². The molecule has 2 nitrogen and oxygen atoms in total. The molecule has 1 unspecified atom stereocenters. The topological polar surface area (TPSA) is 32.6 Å². The molecule has 0 heterocycles. The van der Waals surface area contributed by atoms with Gasteiger partial charge in [0.2, 0.25) is 0 Å². The van der Waals surface area contributed by atoms with Crippen molar-refractivity contribution in [2.24, 2.45) is 4.99 Å².